The molecule has 0 spiro atoms. The largest absolute Gasteiger partial charge is 0.480 e. The lowest BCUT2D eigenvalue weighted by Crippen LogP contribution is -2.02. The number of ether oxygens (including phenoxy) is 1. The lowest BCUT2D eigenvalue weighted by atomic mass is 10.2. The maximum Gasteiger partial charge on any atom is 0.231 e. The van der Waals surface area contributed by atoms with E-state index in [1.165, 1.54) is 31.4 Å². The second kappa shape index (κ2) is 4.21. The van der Waals surface area contributed by atoms with Crippen LogP contribution in [0.25, 0.3) is 0 Å². The molecule has 0 N–H and O–H groups in total. The van der Waals surface area contributed by atoms with Crippen LogP contribution in [-0.2, 0) is 4.74 Å². The monoisotopic (exact) mass is 178 g/mol. The average molecular weight is 178 g/mol. The Bertz CT molecular complexity index is 351. The molecule has 0 aliphatic rings. The van der Waals surface area contributed by atoms with Crippen molar-refractivity contribution in [3.05, 3.63) is 35.6 Å². The molecule has 0 unspecified atom stereocenters. The van der Waals surface area contributed by atoms with Gasteiger partial charge in [-0.15, -0.1) is 4.99 Å². The Morgan fingerprint density at radius 2 is 2.08 bits per heavy atom. The van der Waals surface area contributed by atoms with E-state index in [0.29, 0.717) is 5.56 Å². The molecule has 0 atom stereocenters. The molecule has 0 radical (unpaired) electrons. The smallest absolute Gasteiger partial charge is 0.231 e. The number of rotatable bonds is 1. The molecule has 0 saturated carbocycles. The van der Waals surface area contributed by atoms with Crippen LogP contribution in [0.5, 0.6) is 0 Å². The van der Waals surface area contributed by atoms with Gasteiger partial charge in [-0.1, -0.05) is 0 Å². The summed E-state index contributed by atoms with van der Waals surface area (Å²) < 4.78 is 17.3. The number of halogens is 1. The highest BCUT2D eigenvalue weighted by molar-refractivity contribution is 5.94. The van der Waals surface area contributed by atoms with Crippen molar-refractivity contribution in [2.45, 2.75) is 0 Å². The van der Waals surface area contributed by atoms with Crippen LogP contribution in [-0.4, -0.2) is 13.0 Å². The zero-order chi connectivity index (χ0) is 9.68. The Hall–Kier alpha value is -1.89. The minimum atomic E-state index is -0.337. The molecule has 0 aliphatic carbocycles. The van der Waals surface area contributed by atoms with Crippen LogP contribution in [0.4, 0.5) is 4.39 Å². The maximum absolute atomic E-state index is 12.5. The fourth-order valence-corrected chi connectivity index (χ4v) is 0.866. The van der Waals surface area contributed by atoms with Crippen molar-refractivity contribution >= 4 is 5.90 Å². The van der Waals surface area contributed by atoms with Gasteiger partial charge in [0.25, 0.3) is 0 Å². The third-order valence-electron chi connectivity index (χ3n) is 1.44. The van der Waals surface area contributed by atoms with E-state index in [1.54, 1.807) is 6.19 Å². The van der Waals surface area contributed by atoms with Crippen LogP contribution in [0.1, 0.15) is 5.56 Å². The second-order valence-electron chi connectivity index (χ2n) is 2.23. The quantitative estimate of drug-likeness (QED) is 0.373. The van der Waals surface area contributed by atoms with Crippen molar-refractivity contribution in [2.75, 3.05) is 7.11 Å². The molecular weight excluding hydrogens is 171 g/mol. The number of hydrogen-bond acceptors (Lipinski definition) is 3. The van der Waals surface area contributed by atoms with E-state index in [-0.39, 0.29) is 11.7 Å². The molecule has 4 heteroatoms. The normalized spacial score (nSPS) is 10.7. The number of aliphatic imine (C=N–C) groups is 1. The van der Waals surface area contributed by atoms with Gasteiger partial charge in [0, 0.05) is 5.56 Å². The highest BCUT2D eigenvalue weighted by atomic mass is 19.1. The van der Waals surface area contributed by atoms with E-state index in [2.05, 4.69) is 4.99 Å². The molecule has 0 aliphatic heterocycles. The van der Waals surface area contributed by atoms with Crippen LogP contribution in [0.2, 0.25) is 0 Å². The number of nitriles is 1. The first kappa shape index (κ1) is 9.20. The van der Waals surface area contributed by atoms with Gasteiger partial charge in [0.15, 0.2) is 0 Å². The summed E-state index contributed by atoms with van der Waals surface area (Å²) in [6.07, 6.45) is 1.60. The number of benzene rings is 1. The van der Waals surface area contributed by atoms with E-state index in [4.69, 9.17) is 10.00 Å². The molecule has 66 valence electrons. The second-order valence-corrected chi connectivity index (χ2v) is 2.23. The lowest BCUT2D eigenvalue weighted by molar-refractivity contribution is 0.405. The third-order valence-corrected chi connectivity index (χ3v) is 1.44. The molecule has 0 saturated heterocycles. The van der Waals surface area contributed by atoms with Crippen LogP contribution >= 0.6 is 0 Å². The Labute approximate surface area is 75.1 Å². The Morgan fingerprint density at radius 3 is 2.54 bits per heavy atom. The highest BCUT2D eigenvalue weighted by Gasteiger charge is 2.02. The molecule has 3 nitrogen and oxygen atoms in total. The Balaban J connectivity index is 3.01. The summed E-state index contributed by atoms with van der Waals surface area (Å²) in [5.74, 6) is -0.154. The number of nitrogens with zero attached hydrogens (tertiary/aromatic N) is 2. The SMILES string of the molecule is COC(=NC#N)c1ccc(F)cc1. The summed E-state index contributed by atoms with van der Waals surface area (Å²) in [4.78, 5) is 3.42. The van der Waals surface area contributed by atoms with E-state index in [1.807, 2.05) is 0 Å². The first-order chi connectivity index (χ1) is 6.27. The van der Waals surface area contributed by atoms with Gasteiger partial charge in [-0.25, -0.2) is 4.39 Å². The zero-order valence-corrected chi connectivity index (χ0v) is 6.99. The standard InChI is InChI=1S/C9H7FN2O/c1-13-9(12-6-11)7-2-4-8(10)5-3-7/h2-5H,1H3. The molecule has 0 heterocycles. The van der Waals surface area contributed by atoms with E-state index in [0.717, 1.165) is 0 Å². The third kappa shape index (κ3) is 2.27. The predicted molar refractivity (Wildman–Crippen MR) is 45.6 cm³/mol. The molecule has 0 aromatic heterocycles. The van der Waals surface area contributed by atoms with Gasteiger partial charge in [0.05, 0.1) is 7.11 Å². The summed E-state index contributed by atoms with van der Waals surface area (Å²) in [5, 5.41) is 8.29. The van der Waals surface area contributed by atoms with Crippen molar-refractivity contribution < 1.29 is 9.13 Å². The van der Waals surface area contributed by atoms with Gasteiger partial charge in [-0.3, -0.25) is 0 Å². The van der Waals surface area contributed by atoms with Gasteiger partial charge < -0.3 is 4.74 Å². The minimum Gasteiger partial charge on any atom is -0.480 e. The topological polar surface area (TPSA) is 45.4 Å². The first-order valence-electron chi connectivity index (χ1n) is 3.54. The van der Waals surface area contributed by atoms with Crippen molar-refractivity contribution in [1.82, 2.24) is 0 Å². The summed E-state index contributed by atoms with van der Waals surface area (Å²) in [5.41, 5.74) is 0.574. The summed E-state index contributed by atoms with van der Waals surface area (Å²) in [6, 6.07) is 5.55. The van der Waals surface area contributed by atoms with Crippen molar-refractivity contribution in [3.63, 3.8) is 0 Å². The van der Waals surface area contributed by atoms with E-state index < -0.39 is 0 Å². The zero-order valence-electron chi connectivity index (χ0n) is 6.99. The first-order valence-corrected chi connectivity index (χ1v) is 3.54. The highest BCUT2D eigenvalue weighted by Crippen LogP contribution is 2.04. The van der Waals surface area contributed by atoms with E-state index in [9.17, 15) is 4.39 Å². The van der Waals surface area contributed by atoms with E-state index >= 15 is 0 Å². The Morgan fingerprint density at radius 1 is 1.46 bits per heavy atom. The average Bonchev–Trinajstić information content (AvgIpc) is 2.16. The van der Waals surface area contributed by atoms with Gasteiger partial charge in [0.1, 0.15) is 5.82 Å². The molecule has 0 fully saturated rings. The van der Waals surface area contributed by atoms with Gasteiger partial charge in [-0.05, 0) is 24.3 Å². The maximum atomic E-state index is 12.5. The fourth-order valence-electron chi connectivity index (χ4n) is 0.866. The molecular formula is C9H7FN2O. The molecule has 1 aromatic carbocycles. The van der Waals surface area contributed by atoms with Crippen LogP contribution in [0.15, 0.2) is 29.3 Å². The van der Waals surface area contributed by atoms with Gasteiger partial charge in [-0.2, -0.15) is 5.26 Å². The molecule has 1 rings (SSSR count). The van der Waals surface area contributed by atoms with Crippen LogP contribution < -0.4 is 0 Å². The van der Waals surface area contributed by atoms with Crippen molar-refractivity contribution in [3.8, 4) is 6.19 Å². The molecule has 0 amide bonds. The van der Waals surface area contributed by atoms with Crippen molar-refractivity contribution in [2.24, 2.45) is 4.99 Å². The fraction of sp³-hybridized carbons (Fsp3) is 0.111. The molecule has 1 aromatic rings. The van der Waals surface area contributed by atoms with Gasteiger partial charge in [0.2, 0.25) is 12.1 Å². The number of methoxy groups -OCH3 is 1. The summed E-state index contributed by atoms with van der Waals surface area (Å²) >= 11 is 0. The van der Waals surface area contributed by atoms with Gasteiger partial charge >= 0.3 is 0 Å². The Kier molecular flexibility index (Phi) is 2.98. The predicted octanol–water partition coefficient (Wildman–Crippen LogP) is 1.70. The van der Waals surface area contributed by atoms with Crippen LogP contribution in [0.3, 0.4) is 0 Å². The van der Waals surface area contributed by atoms with Crippen LogP contribution in [0, 0.1) is 17.3 Å². The summed E-state index contributed by atoms with van der Waals surface area (Å²) in [7, 11) is 1.40. The lowest BCUT2D eigenvalue weighted by Gasteiger charge is -2.01. The van der Waals surface area contributed by atoms with Crippen molar-refractivity contribution in [1.29, 1.82) is 5.26 Å². The number of hydrogen-bond donors (Lipinski definition) is 0. The molecule has 0 bridgehead atoms. The molecule has 13 heavy (non-hydrogen) atoms. The summed E-state index contributed by atoms with van der Waals surface area (Å²) in [6.45, 7) is 0. The minimum absolute atomic E-state index is 0.183.